The maximum absolute atomic E-state index is 16.6. The van der Waals surface area contributed by atoms with Crippen molar-refractivity contribution in [1.29, 1.82) is 0 Å². The number of primary amides is 1. The lowest BCUT2D eigenvalue weighted by atomic mass is 9.84. The van der Waals surface area contributed by atoms with E-state index in [0.29, 0.717) is 18.0 Å². The van der Waals surface area contributed by atoms with Crippen LogP contribution in [0, 0.1) is 5.92 Å². The summed E-state index contributed by atoms with van der Waals surface area (Å²) in [5.41, 5.74) is 4.97. The fourth-order valence-corrected chi connectivity index (χ4v) is 16.9. The zero-order valence-corrected chi connectivity index (χ0v) is 71.1. The number of nitrogens with two attached hydrogens (primary N) is 1. The Kier molecular flexibility index (Phi) is 27.8. The van der Waals surface area contributed by atoms with Gasteiger partial charge in [0.15, 0.2) is 23.8 Å². The van der Waals surface area contributed by atoms with Crippen molar-refractivity contribution in [3.63, 3.8) is 0 Å². The molecule has 2 saturated heterocycles. The Bertz CT molecular complexity index is 5550. The average Bonchev–Trinajstić information content (AvgIpc) is 0.927. The van der Waals surface area contributed by atoms with Gasteiger partial charge in [0.1, 0.15) is 95.6 Å². The van der Waals surface area contributed by atoms with E-state index in [2.05, 4.69) is 47.5 Å². The summed E-state index contributed by atoms with van der Waals surface area (Å²) in [5, 5.41) is 140. The predicted octanol–water partition coefficient (Wildman–Crippen LogP) is 4.97. The molecule has 7 aromatic carbocycles. The summed E-state index contributed by atoms with van der Waals surface area (Å²) in [6.07, 6.45) is -11.7. The van der Waals surface area contributed by atoms with Crippen LogP contribution in [0.15, 0.2) is 134 Å². The summed E-state index contributed by atoms with van der Waals surface area (Å²) in [5.74, 6) is -16.0. The fourth-order valence-electron chi connectivity index (χ4n) is 16.3. The lowest BCUT2D eigenvalue weighted by molar-refractivity contribution is -0.277. The van der Waals surface area contributed by atoms with Crippen molar-refractivity contribution >= 4 is 94.3 Å². The third-order valence-electron chi connectivity index (χ3n) is 23.2. The summed E-state index contributed by atoms with van der Waals surface area (Å²) in [6, 6.07) is 13.8. The molecule has 8 aliphatic heterocycles. The van der Waals surface area contributed by atoms with Gasteiger partial charge >= 0.3 is 5.97 Å². The second-order valence-corrected chi connectivity index (χ2v) is 33.9. The highest BCUT2D eigenvalue weighted by atomic mass is 35.5. The molecule has 0 saturated carbocycles. The Hall–Kier alpha value is -11.6. The molecule has 8 aromatic rings. The first kappa shape index (κ1) is 91.6. The number of carbonyl (C=O) groups excluding carboxylic acids is 7. The van der Waals surface area contributed by atoms with Crippen LogP contribution in [-0.2, 0) is 78.7 Å². The number of aliphatic carboxylic acids is 1. The molecule has 20 N–H and O–H groups in total. The number of carboxylic acid groups (broad SMARTS) is 1. The summed E-state index contributed by atoms with van der Waals surface area (Å²) < 4.78 is 41.1. The Morgan fingerprint density at radius 2 is 1.35 bits per heavy atom. The number of hydrogen-bond donors (Lipinski definition) is 19. The second kappa shape index (κ2) is 38.6. The van der Waals surface area contributed by atoms with E-state index in [4.69, 9.17) is 69.0 Å². The van der Waals surface area contributed by atoms with E-state index >= 15 is 24.0 Å². The Labute approximate surface area is 741 Å². The third-order valence-corrected chi connectivity index (χ3v) is 24.1. The first-order valence-corrected chi connectivity index (χ1v) is 41.8. The lowest BCUT2D eigenvalue weighted by Crippen LogP contribution is -2.63. The maximum Gasteiger partial charge on any atom is 0.330 e. The van der Waals surface area contributed by atoms with Crippen molar-refractivity contribution < 1.29 is 118 Å². The normalized spacial score (nSPS) is 26.6. The molecule has 0 unspecified atom stereocenters. The van der Waals surface area contributed by atoms with Crippen LogP contribution in [0.5, 0.6) is 46.0 Å². The van der Waals surface area contributed by atoms with E-state index < -0.39 is 237 Å². The number of fused-ring (bicyclic) bond motifs is 16. The number of aliphatic hydroxyl groups is 6. The quantitative estimate of drug-likeness (QED) is 0.0448. The van der Waals surface area contributed by atoms with Crippen LogP contribution < -0.4 is 62.5 Å². The Morgan fingerprint density at radius 1 is 0.717 bits per heavy atom. The number of rotatable bonds is 20. The molecule has 0 radical (unpaired) electrons. The molecule has 16 rings (SSSR count). The van der Waals surface area contributed by atoms with Gasteiger partial charge in [0, 0.05) is 71.6 Å². The number of phenolic OH excluding ortho intramolecular Hbond substituents is 3. The topological polar surface area (TPSA) is 538 Å². The fraction of sp³-hybridized carbons (Fsp3) is 0.375. The van der Waals surface area contributed by atoms with Gasteiger partial charge in [-0.2, -0.15) is 0 Å². The number of carbonyl (C=O) groups is 8. The van der Waals surface area contributed by atoms with Gasteiger partial charge in [0.25, 0.3) is 0 Å². The number of ether oxygens (including phenoxy) is 6. The first-order valence-electron chi connectivity index (χ1n) is 40.7. The predicted molar refractivity (Wildman–Crippen MR) is 455 cm³/mol. The second-order valence-electron chi connectivity index (χ2n) is 32.7. The number of halogens is 3. The van der Waals surface area contributed by atoms with Crippen molar-refractivity contribution in [2.24, 2.45) is 11.7 Å². The van der Waals surface area contributed by atoms with Crippen molar-refractivity contribution in [3.05, 3.63) is 205 Å². The molecule has 2 fully saturated rings. The molecule has 7 amide bonds. The number of aliphatic hydroxyl groups excluding tert-OH is 6. The number of amides is 7. The molecule has 8 aliphatic rings. The third kappa shape index (κ3) is 20.1. The number of hydrogen-bond acceptors (Lipinski definition) is 27. The number of likely N-dealkylation sites (N-methyl/N-ethyl adjacent to an activating group) is 1. The molecule has 9 heterocycles. The van der Waals surface area contributed by atoms with E-state index in [1.165, 1.54) is 37.4 Å². The van der Waals surface area contributed by atoms with Crippen LogP contribution in [0.3, 0.4) is 0 Å². The minimum absolute atomic E-state index is 0.111. The monoisotopic (exact) mass is 1810 g/mol. The van der Waals surface area contributed by atoms with Crippen LogP contribution in [0.25, 0.3) is 23.3 Å². The minimum atomic E-state index is -2.39. The number of aromatic nitrogens is 2. The number of nitrogens with zero attached hydrogens (tertiary/aromatic N) is 3. The largest absolute Gasteiger partial charge is 0.507 e. The number of benzene rings is 7. The Balaban J connectivity index is 0.963. The van der Waals surface area contributed by atoms with E-state index in [1.54, 1.807) is 38.5 Å². The van der Waals surface area contributed by atoms with Crippen LogP contribution in [0.4, 0.5) is 0 Å². The van der Waals surface area contributed by atoms with Crippen molar-refractivity contribution in [1.82, 2.24) is 57.0 Å². The van der Waals surface area contributed by atoms with Crippen LogP contribution >= 0.6 is 34.8 Å². The number of imidazole rings is 1. The van der Waals surface area contributed by atoms with Crippen LogP contribution in [-0.4, -0.2) is 212 Å². The number of aromatic hydroxyl groups is 3. The highest BCUT2D eigenvalue weighted by molar-refractivity contribution is 6.32. The maximum atomic E-state index is 16.6. The van der Waals surface area contributed by atoms with Gasteiger partial charge in [-0.25, -0.2) is 9.78 Å². The molecule has 0 aliphatic carbocycles. The summed E-state index contributed by atoms with van der Waals surface area (Å²) in [7, 11) is 1.48. The Morgan fingerprint density at radius 3 is 2.00 bits per heavy atom. The molecule has 18 atom stereocenters. The summed E-state index contributed by atoms with van der Waals surface area (Å²) >= 11 is 20.7. The van der Waals surface area contributed by atoms with Gasteiger partial charge in [-0.1, -0.05) is 115 Å². The molecule has 11 bridgehead atoms. The standard InChI is InChI=1S/C88H95Cl3N12O24/c1-39(2)24-55(93-5)80(114)100-70-72(108)45-15-20-59(53(90)26-45)123-61-28-47-29-62(78(61)127-87-76(112)75(111)74(110)63(36-104)125-87)124-60-21-16-46(27-54(60)91)77(126-65-32-88(4,79(113)40(3)122-65)95-33-43-10-8-41(9-11-43)6-7-42-12-17-48(89)18-13-42)71-85(119)99-69(86(120)121)51-30-58(106)52(35-102-23-22-49-34-94-37-103(49)38-102)73(109)66(51)50-25-44(14-19-57(50)105)67(82(116)101-71)98-83(117)68(47)97-81(115)56(31-64(92)107)96-84(70)118/h6-21,25-30,34,37,39-40,55-56,63,65,67-72,74-77,79,87,93,95,104-106,108-113H,22-24,31-33,35-36,38H2,1-5H3,(H2,92,107)(H,96,118)(H,97,115)(H,98,117)(H,99,119)(H,100,114)(H,101,116)(H,120,121)/b7-6+/t40-,55+,56-,63-,65-,67+,68+,69-,70+,71-,72+,74-,75+,76-,77+,79-,87+,88-/m0/s1. The molecule has 36 nitrogen and oxygen atoms in total. The van der Waals surface area contributed by atoms with E-state index in [0.717, 1.165) is 64.8 Å². The van der Waals surface area contributed by atoms with Gasteiger partial charge < -0.3 is 132 Å². The smallest absolute Gasteiger partial charge is 0.330 e. The van der Waals surface area contributed by atoms with Gasteiger partial charge in [0.2, 0.25) is 53.4 Å². The number of carboxylic acids is 1. The van der Waals surface area contributed by atoms with Gasteiger partial charge in [-0.15, -0.1) is 0 Å². The van der Waals surface area contributed by atoms with Crippen molar-refractivity contribution in [2.75, 3.05) is 20.2 Å². The molecule has 1 aromatic heterocycles. The molecule has 672 valence electrons. The van der Waals surface area contributed by atoms with Crippen molar-refractivity contribution in [2.45, 2.75) is 182 Å². The summed E-state index contributed by atoms with van der Waals surface area (Å²) in [4.78, 5) is 128. The SMILES string of the molecule is CN[C@H](CC(C)C)C(=O)N[C@H]1C(=O)N[C@@H](CC(N)=O)C(=O)N[C@H]2C(=O)N[C@H]3C(=O)N[C@H](C(=O)N[C@H](C(=O)O)c4cc(O)c(CN5CCc6cncn6C5)c(O)c4-c4cc3ccc4O)[C@H](O[C@H]3C[C@](C)(NCc4ccc(/C=C/c5ccc(Cl)cc5)cc4)[C@@H](O)[C@H](C)O3)c3ccc(c(Cl)c3)Oc3cc2cc(c3O[C@H]2O[C@@H](CO)[C@H](O)[C@@H](O)[C@@H]2O)Oc2ccc(cc2Cl)[C@H]1O. The van der Waals surface area contributed by atoms with Crippen molar-refractivity contribution in [3.8, 4) is 57.1 Å². The highest BCUT2D eigenvalue weighted by Crippen LogP contribution is 2.51. The van der Waals surface area contributed by atoms with Gasteiger partial charge in [0.05, 0.1) is 59.9 Å². The van der Waals surface area contributed by atoms with Gasteiger partial charge in [-0.05, 0) is 139 Å². The number of nitrogens with one attached hydrogen (secondary N) is 8. The van der Waals surface area contributed by atoms with E-state index in [1.807, 2.05) is 71.9 Å². The minimum Gasteiger partial charge on any atom is -0.507 e. The molecule has 0 spiro atoms. The first-order chi connectivity index (χ1) is 60.5. The highest BCUT2D eigenvalue weighted by Gasteiger charge is 2.50. The summed E-state index contributed by atoms with van der Waals surface area (Å²) in [6.45, 7) is 6.34. The number of phenols is 3. The van der Waals surface area contributed by atoms with Crippen LogP contribution in [0.1, 0.15) is 133 Å². The van der Waals surface area contributed by atoms with Crippen LogP contribution in [0.2, 0.25) is 15.1 Å². The van der Waals surface area contributed by atoms with E-state index in [9.17, 15) is 65.4 Å². The average molecular weight is 1810 g/mol. The molecule has 39 heteroatoms. The zero-order valence-electron chi connectivity index (χ0n) is 68.9. The van der Waals surface area contributed by atoms with Gasteiger partial charge in [-0.3, -0.25) is 38.5 Å². The molecular formula is C88H95Cl3N12O24. The lowest BCUT2D eigenvalue weighted by Gasteiger charge is -2.47. The zero-order chi connectivity index (χ0) is 90.9. The molecular weight excluding hydrogens is 1720 g/mol. The van der Waals surface area contributed by atoms with E-state index in [-0.39, 0.29) is 71.5 Å². The molecule has 127 heavy (non-hydrogen) atoms.